The van der Waals surface area contributed by atoms with Gasteiger partial charge in [0, 0.05) is 13.2 Å². The van der Waals surface area contributed by atoms with Gasteiger partial charge >= 0.3 is 0 Å². The number of methoxy groups -OCH3 is 1. The Morgan fingerprint density at radius 1 is 1.32 bits per heavy atom. The first kappa shape index (κ1) is 14.0. The molecule has 0 bridgehead atoms. The summed E-state index contributed by atoms with van der Waals surface area (Å²) in [5, 5.41) is 0.502. The molecule has 1 aromatic carbocycles. The Labute approximate surface area is 118 Å². The highest BCUT2D eigenvalue weighted by atomic mass is 79.9. The van der Waals surface area contributed by atoms with E-state index in [1.165, 1.54) is 6.26 Å². The molecule has 0 radical (unpaired) electrons. The van der Waals surface area contributed by atoms with Crippen LogP contribution >= 0.6 is 15.9 Å². The lowest BCUT2D eigenvalue weighted by Gasteiger charge is -2.07. The second-order valence-corrected chi connectivity index (χ2v) is 4.59. The van der Waals surface area contributed by atoms with E-state index in [0.29, 0.717) is 34.4 Å². The summed E-state index contributed by atoms with van der Waals surface area (Å²) in [4.78, 5) is 11.8. The van der Waals surface area contributed by atoms with Crippen molar-refractivity contribution in [1.82, 2.24) is 0 Å². The highest BCUT2D eigenvalue weighted by Gasteiger charge is 2.06. The first-order valence-electron chi connectivity index (χ1n) is 5.63. The third kappa shape index (κ3) is 3.56. The molecule has 2 rings (SSSR count). The highest BCUT2D eigenvalue weighted by molar-refractivity contribution is 9.10. The summed E-state index contributed by atoms with van der Waals surface area (Å²) in [7, 11) is 1.60. The predicted molar refractivity (Wildman–Crippen MR) is 73.5 cm³/mol. The van der Waals surface area contributed by atoms with E-state index < -0.39 is 0 Å². The third-order valence-corrected chi connectivity index (χ3v) is 2.99. The monoisotopic (exact) mass is 328 g/mol. The minimum atomic E-state index is -0.107. The number of ether oxygens (including phenoxy) is 3. The summed E-state index contributed by atoms with van der Waals surface area (Å²) in [6, 6.07) is 5.02. The van der Waals surface area contributed by atoms with Crippen LogP contribution < -0.4 is 10.2 Å². The van der Waals surface area contributed by atoms with Crippen molar-refractivity contribution in [3.63, 3.8) is 0 Å². The lowest BCUT2D eigenvalue weighted by molar-refractivity contribution is -0.00843. The summed E-state index contributed by atoms with van der Waals surface area (Å²) in [5.74, 6) is 0.579. The molecule has 19 heavy (non-hydrogen) atoms. The number of fused-ring (bicyclic) bond motifs is 1. The van der Waals surface area contributed by atoms with Crippen molar-refractivity contribution in [3.05, 3.63) is 39.2 Å². The average molecular weight is 329 g/mol. The summed E-state index contributed by atoms with van der Waals surface area (Å²) in [6.07, 6.45) is 1.36. The summed E-state index contributed by atoms with van der Waals surface area (Å²) < 4.78 is 21.1. The molecule has 5 nitrogen and oxygen atoms in total. The number of hydrogen-bond acceptors (Lipinski definition) is 5. The molecule has 0 spiro atoms. The Morgan fingerprint density at radius 3 is 2.95 bits per heavy atom. The molecule has 0 fully saturated rings. The number of benzene rings is 1. The van der Waals surface area contributed by atoms with Crippen LogP contribution in [0.3, 0.4) is 0 Å². The predicted octanol–water partition coefficient (Wildman–Crippen LogP) is 2.55. The zero-order valence-corrected chi connectivity index (χ0v) is 11.9. The van der Waals surface area contributed by atoms with E-state index in [1.807, 2.05) is 0 Å². The fourth-order valence-corrected chi connectivity index (χ4v) is 1.79. The molecular formula is C13H13BrO5. The second kappa shape index (κ2) is 6.70. The molecule has 102 valence electrons. The topological polar surface area (TPSA) is 57.9 Å². The van der Waals surface area contributed by atoms with Crippen LogP contribution in [-0.2, 0) is 9.47 Å². The van der Waals surface area contributed by atoms with Crippen molar-refractivity contribution >= 4 is 26.9 Å². The van der Waals surface area contributed by atoms with Gasteiger partial charge in [0.25, 0.3) is 0 Å². The summed E-state index contributed by atoms with van der Waals surface area (Å²) >= 11 is 3.13. The van der Waals surface area contributed by atoms with Gasteiger partial charge in [-0.1, -0.05) is 0 Å². The molecule has 0 amide bonds. The first-order valence-corrected chi connectivity index (χ1v) is 6.42. The Kier molecular flexibility index (Phi) is 4.95. The number of halogens is 1. The van der Waals surface area contributed by atoms with Crippen LogP contribution in [0.25, 0.3) is 11.0 Å². The molecule has 0 aliphatic rings. The number of rotatable bonds is 6. The van der Waals surface area contributed by atoms with Crippen LogP contribution in [0.4, 0.5) is 0 Å². The molecule has 1 aromatic heterocycles. The maximum Gasteiger partial charge on any atom is 0.206 e. The van der Waals surface area contributed by atoms with Crippen LogP contribution in [-0.4, -0.2) is 27.1 Å². The van der Waals surface area contributed by atoms with Crippen molar-refractivity contribution < 1.29 is 18.6 Å². The number of hydrogen-bond donors (Lipinski definition) is 0. The van der Waals surface area contributed by atoms with Gasteiger partial charge in [-0.25, -0.2) is 0 Å². The molecule has 2 aromatic rings. The standard InChI is InChI=1S/C13H13BrO5/c1-16-4-5-17-8-19-9-2-3-10-12(6-9)18-7-11(14)13(10)15/h2-3,6-7H,4-5,8H2,1H3. The van der Waals surface area contributed by atoms with E-state index in [0.717, 1.165) is 0 Å². The first-order chi connectivity index (χ1) is 9.22. The maximum atomic E-state index is 11.8. The van der Waals surface area contributed by atoms with Crippen LogP contribution in [0.15, 0.2) is 38.1 Å². The Morgan fingerprint density at radius 2 is 2.16 bits per heavy atom. The molecule has 6 heteroatoms. The quantitative estimate of drug-likeness (QED) is 0.602. The van der Waals surface area contributed by atoms with Crippen molar-refractivity contribution in [1.29, 1.82) is 0 Å². The van der Waals surface area contributed by atoms with Crippen LogP contribution in [0, 0.1) is 0 Å². The zero-order chi connectivity index (χ0) is 13.7. The second-order valence-electron chi connectivity index (χ2n) is 3.73. The van der Waals surface area contributed by atoms with Gasteiger partial charge in [-0.15, -0.1) is 0 Å². The average Bonchev–Trinajstić information content (AvgIpc) is 2.43. The SMILES string of the molecule is COCCOCOc1ccc2c(=O)c(Br)coc2c1. The van der Waals surface area contributed by atoms with Gasteiger partial charge < -0.3 is 18.6 Å². The fraction of sp³-hybridized carbons (Fsp3) is 0.308. The zero-order valence-electron chi connectivity index (χ0n) is 10.3. The van der Waals surface area contributed by atoms with Gasteiger partial charge in [-0.3, -0.25) is 4.79 Å². The van der Waals surface area contributed by atoms with E-state index in [9.17, 15) is 4.79 Å². The van der Waals surface area contributed by atoms with Gasteiger partial charge in [0.2, 0.25) is 5.43 Å². The lowest BCUT2D eigenvalue weighted by atomic mass is 10.2. The Balaban J connectivity index is 2.06. The van der Waals surface area contributed by atoms with Crippen molar-refractivity contribution in [2.24, 2.45) is 0 Å². The summed E-state index contributed by atoms with van der Waals surface area (Å²) in [6.45, 7) is 1.10. The van der Waals surface area contributed by atoms with E-state index >= 15 is 0 Å². The third-order valence-electron chi connectivity index (χ3n) is 2.44. The molecule has 0 saturated heterocycles. The van der Waals surface area contributed by atoms with Crippen molar-refractivity contribution in [2.75, 3.05) is 27.1 Å². The van der Waals surface area contributed by atoms with Crippen LogP contribution in [0.5, 0.6) is 5.75 Å². The fourth-order valence-electron chi connectivity index (χ4n) is 1.49. The normalized spacial score (nSPS) is 10.8. The molecular weight excluding hydrogens is 316 g/mol. The van der Waals surface area contributed by atoms with E-state index in [2.05, 4.69) is 15.9 Å². The lowest BCUT2D eigenvalue weighted by Crippen LogP contribution is -2.08. The Hall–Kier alpha value is -1.37. The molecule has 0 unspecified atom stereocenters. The molecule has 0 aliphatic heterocycles. The van der Waals surface area contributed by atoms with Gasteiger partial charge in [-0.05, 0) is 28.1 Å². The molecule has 0 N–H and O–H groups in total. The van der Waals surface area contributed by atoms with Gasteiger partial charge in [0.05, 0.1) is 18.6 Å². The minimum absolute atomic E-state index is 0.107. The van der Waals surface area contributed by atoms with Crippen LogP contribution in [0.2, 0.25) is 0 Å². The molecule has 1 heterocycles. The van der Waals surface area contributed by atoms with Crippen LogP contribution in [0.1, 0.15) is 0 Å². The van der Waals surface area contributed by atoms with Gasteiger partial charge in [0.15, 0.2) is 6.79 Å². The van der Waals surface area contributed by atoms with E-state index in [-0.39, 0.29) is 12.2 Å². The van der Waals surface area contributed by atoms with Crippen molar-refractivity contribution in [2.45, 2.75) is 0 Å². The highest BCUT2D eigenvalue weighted by Crippen LogP contribution is 2.20. The largest absolute Gasteiger partial charge is 0.467 e. The molecule has 0 aliphatic carbocycles. The van der Waals surface area contributed by atoms with Crippen molar-refractivity contribution in [3.8, 4) is 5.75 Å². The molecule has 0 atom stereocenters. The maximum absolute atomic E-state index is 11.8. The van der Waals surface area contributed by atoms with Gasteiger partial charge in [0.1, 0.15) is 22.1 Å². The molecule has 0 saturated carbocycles. The minimum Gasteiger partial charge on any atom is -0.467 e. The van der Waals surface area contributed by atoms with Gasteiger partial charge in [-0.2, -0.15) is 0 Å². The van der Waals surface area contributed by atoms with E-state index in [1.54, 1.807) is 25.3 Å². The van der Waals surface area contributed by atoms with E-state index in [4.69, 9.17) is 18.6 Å². The smallest absolute Gasteiger partial charge is 0.206 e. The summed E-state index contributed by atoms with van der Waals surface area (Å²) in [5.41, 5.74) is 0.367. The Bertz CT molecular complexity index is 607.